The van der Waals surface area contributed by atoms with E-state index in [1.165, 1.54) is 0 Å². The molecule has 1 aliphatic rings. The minimum absolute atomic E-state index is 0.149. The standard InChI is InChI=1S/C16H20ClN3O2/c1-15(22)5-4-13(18)16(19,8-15)14(21)12-7-9-6-10(17)2-3-11(9)20-12/h2-3,6-7,13,20,22H,4-5,8,18-19H2,1H3. The molecular formula is C16H20ClN3O2. The first-order valence-corrected chi connectivity index (χ1v) is 7.69. The number of ketones is 1. The highest BCUT2D eigenvalue weighted by Crippen LogP contribution is 2.35. The van der Waals surface area contributed by atoms with Gasteiger partial charge in [-0.2, -0.15) is 0 Å². The number of halogens is 1. The number of hydrogen-bond acceptors (Lipinski definition) is 4. The molecule has 1 saturated carbocycles. The van der Waals surface area contributed by atoms with Crippen LogP contribution >= 0.6 is 11.6 Å². The van der Waals surface area contributed by atoms with Gasteiger partial charge in [0.2, 0.25) is 0 Å². The smallest absolute Gasteiger partial charge is 0.200 e. The van der Waals surface area contributed by atoms with Crippen LogP contribution in [0.25, 0.3) is 10.9 Å². The van der Waals surface area contributed by atoms with E-state index in [0.717, 1.165) is 10.9 Å². The Labute approximate surface area is 133 Å². The van der Waals surface area contributed by atoms with Gasteiger partial charge in [0.05, 0.1) is 16.8 Å². The Morgan fingerprint density at radius 1 is 1.45 bits per heavy atom. The Hall–Kier alpha value is -1.40. The van der Waals surface area contributed by atoms with Crippen LogP contribution in [0.5, 0.6) is 0 Å². The summed E-state index contributed by atoms with van der Waals surface area (Å²) < 4.78 is 0. The maximum atomic E-state index is 12.9. The van der Waals surface area contributed by atoms with Crippen LogP contribution in [0.4, 0.5) is 0 Å². The summed E-state index contributed by atoms with van der Waals surface area (Å²) in [7, 11) is 0. The van der Waals surface area contributed by atoms with Crippen LogP contribution in [0.2, 0.25) is 5.02 Å². The maximum absolute atomic E-state index is 12.9. The van der Waals surface area contributed by atoms with E-state index < -0.39 is 17.2 Å². The fraction of sp³-hybridized carbons (Fsp3) is 0.438. The van der Waals surface area contributed by atoms with Crippen molar-refractivity contribution in [1.82, 2.24) is 4.98 Å². The third kappa shape index (κ3) is 2.54. The molecular weight excluding hydrogens is 302 g/mol. The summed E-state index contributed by atoms with van der Waals surface area (Å²) in [4.78, 5) is 16.0. The average molecular weight is 322 g/mol. The highest BCUT2D eigenvalue weighted by molar-refractivity contribution is 6.31. The first-order chi connectivity index (χ1) is 10.2. The van der Waals surface area contributed by atoms with Gasteiger partial charge in [-0.3, -0.25) is 4.79 Å². The van der Waals surface area contributed by atoms with E-state index in [1.54, 1.807) is 25.1 Å². The number of H-pyrrole nitrogens is 1. The number of carbonyl (C=O) groups is 1. The van der Waals surface area contributed by atoms with E-state index in [1.807, 2.05) is 6.07 Å². The lowest BCUT2D eigenvalue weighted by Gasteiger charge is -2.44. The molecule has 3 atom stereocenters. The summed E-state index contributed by atoms with van der Waals surface area (Å²) in [5.41, 5.74) is 11.4. The molecule has 3 rings (SSSR count). The van der Waals surface area contributed by atoms with Gasteiger partial charge in [0.25, 0.3) is 0 Å². The van der Waals surface area contributed by atoms with Crippen molar-refractivity contribution in [3.63, 3.8) is 0 Å². The summed E-state index contributed by atoms with van der Waals surface area (Å²) in [6.45, 7) is 1.69. The number of carbonyl (C=O) groups excluding carboxylic acids is 1. The Bertz CT molecular complexity index is 740. The average Bonchev–Trinajstić information content (AvgIpc) is 2.84. The zero-order chi connectivity index (χ0) is 16.1. The predicted molar refractivity (Wildman–Crippen MR) is 87.0 cm³/mol. The SMILES string of the molecule is CC1(O)CCC(N)C(N)(C(=O)c2cc3cc(Cl)ccc3[nH]2)C1. The third-order valence-electron chi connectivity index (χ3n) is 4.58. The topological polar surface area (TPSA) is 105 Å². The van der Waals surface area contributed by atoms with Gasteiger partial charge in [0.1, 0.15) is 0 Å². The molecule has 0 spiro atoms. The summed E-state index contributed by atoms with van der Waals surface area (Å²) >= 11 is 5.97. The fourth-order valence-electron chi connectivity index (χ4n) is 3.30. The lowest BCUT2D eigenvalue weighted by atomic mass is 9.69. The Morgan fingerprint density at radius 3 is 2.91 bits per heavy atom. The molecule has 118 valence electrons. The van der Waals surface area contributed by atoms with Crippen LogP contribution in [-0.2, 0) is 0 Å². The molecule has 1 fully saturated rings. The number of Topliss-reactive ketones (excluding diaryl/α,β-unsaturated/α-hetero) is 1. The second-order valence-electron chi connectivity index (χ2n) is 6.60. The summed E-state index contributed by atoms with van der Waals surface area (Å²) in [5.74, 6) is -0.271. The van der Waals surface area contributed by atoms with Crippen molar-refractivity contribution in [2.75, 3.05) is 0 Å². The lowest BCUT2D eigenvalue weighted by Crippen LogP contribution is -2.66. The molecule has 0 bridgehead atoms. The molecule has 0 radical (unpaired) electrons. The molecule has 2 aromatic rings. The Morgan fingerprint density at radius 2 is 2.18 bits per heavy atom. The normalized spacial score (nSPS) is 32.3. The summed E-state index contributed by atoms with van der Waals surface area (Å²) in [5, 5.41) is 11.7. The van der Waals surface area contributed by atoms with Crippen molar-refractivity contribution in [3.05, 3.63) is 35.0 Å². The zero-order valence-electron chi connectivity index (χ0n) is 12.4. The van der Waals surface area contributed by atoms with Crippen molar-refractivity contribution >= 4 is 28.3 Å². The van der Waals surface area contributed by atoms with Crippen LogP contribution in [0, 0.1) is 0 Å². The number of benzene rings is 1. The minimum atomic E-state index is -1.27. The molecule has 1 aromatic heterocycles. The number of hydrogen-bond donors (Lipinski definition) is 4. The van der Waals surface area contributed by atoms with E-state index in [4.69, 9.17) is 23.1 Å². The number of aliphatic hydroxyl groups is 1. The lowest BCUT2D eigenvalue weighted by molar-refractivity contribution is -0.0108. The van der Waals surface area contributed by atoms with E-state index in [-0.39, 0.29) is 12.2 Å². The Kier molecular flexibility index (Phi) is 3.57. The number of fused-ring (bicyclic) bond motifs is 1. The fourth-order valence-corrected chi connectivity index (χ4v) is 3.48. The highest BCUT2D eigenvalue weighted by atomic mass is 35.5. The summed E-state index contributed by atoms with van der Waals surface area (Å²) in [6.07, 6.45) is 1.21. The van der Waals surface area contributed by atoms with Crippen LogP contribution in [0.3, 0.4) is 0 Å². The molecule has 0 saturated heterocycles. The number of aromatic nitrogens is 1. The van der Waals surface area contributed by atoms with Crippen LogP contribution in [-0.4, -0.2) is 33.1 Å². The van der Waals surface area contributed by atoms with Crippen molar-refractivity contribution in [2.24, 2.45) is 11.5 Å². The van der Waals surface area contributed by atoms with Gasteiger partial charge >= 0.3 is 0 Å². The van der Waals surface area contributed by atoms with Crippen LogP contribution in [0.1, 0.15) is 36.7 Å². The van der Waals surface area contributed by atoms with Gasteiger partial charge in [0.15, 0.2) is 5.78 Å². The largest absolute Gasteiger partial charge is 0.390 e. The van der Waals surface area contributed by atoms with Crippen LogP contribution in [0.15, 0.2) is 24.3 Å². The van der Waals surface area contributed by atoms with Crippen molar-refractivity contribution in [2.45, 2.75) is 43.4 Å². The van der Waals surface area contributed by atoms with Crippen LogP contribution < -0.4 is 11.5 Å². The molecule has 0 aliphatic heterocycles. The highest BCUT2D eigenvalue weighted by Gasteiger charge is 2.49. The molecule has 1 aliphatic carbocycles. The van der Waals surface area contributed by atoms with Gasteiger partial charge in [-0.05, 0) is 44.0 Å². The van der Waals surface area contributed by atoms with E-state index in [9.17, 15) is 9.90 Å². The second kappa shape index (κ2) is 5.06. The molecule has 22 heavy (non-hydrogen) atoms. The van der Waals surface area contributed by atoms with Gasteiger partial charge in [-0.1, -0.05) is 11.6 Å². The molecule has 5 nitrogen and oxygen atoms in total. The number of nitrogens with one attached hydrogen (secondary N) is 1. The van der Waals surface area contributed by atoms with Gasteiger partial charge in [-0.15, -0.1) is 0 Å². The van der Waals surface area contributed by atoms with Gasteiger partial charge < -0.3 is 21.6 Å². The quantitative estimate of drug-likeness (QED) is 0.634. The number of nitrogens with two attached hydrogens (primary N) is 2. The number of rotatable bonds is 2. The number of aromatic amines is 1. The molecule has 6 heteroatoms. The van der Waals surface area contributed by atoms with Gasteiger partial charge in [-0.25, -0.2) is 0 Å². The van der Waals surface area contributed by atoms with Gasteiger partial charge in [0, 0.05) is 28.4 Å². The van der Waals surface area contributed by atoms with Crippen molar-refractivity contribution in [1.29, 1.82) is 0 Å². The summed E-state index contributed by atoms with van der Waals surface area (Å²) in [6, 6.07) is 6.60. The van der Waals surface area contributed by atoms with E-state index >= 15 is 0 Å². The Balaban J connectivity index is 2.00. The molecule has 1 aromatic carbocycles. The minimum Gasteiger partial charge on any atom is -0.390 e. The monoisotopic (exact) mass is 321 g/mol. The van der Waals surface area contributed by atoms with Crippen molar-refractivity contribution in [3.8, 4) is 0 Å². The molecule has 3 unspecified atom stereocenters. The maximum Gasteiger partial charge on any atom is 0.200 e. The zero-order valence-corrected chi connectivity index (χ0v) is 13.2. The molecule has 0 amide bonds. The van der Waals surface area contributed by atoms with Crippen molar-refractivity contribution < 1.29 is 9.90 Å². The first kappa shape index (κ1) is 15.5. The third-order valence-corrected chi connectivity index (χ3v) is 4.81. The second-order valence-corrected chi connectivity index (χ2v) is 7.04. The van der Waals surface area contributed by atoms with E-state index in [2.05, 4.69) is 4.98 Å². The van der Waals surface area contributed by atoms with E-state index in [0.29, 0.717) is 23.6 Å². The predicted octanol–water partition coefficient (Wildman–Crippen LogP) is 1.96. The molecule has 1 heterocycles. The first-order valence-electron chi connectivity index (χ1n) is 7.31. The molecule has 6 N–H and O–H groups in total.